The third-order valence-corrected chi connectivity index (χ3v) is 5.20. The van der Waals surface area contributed by atoms with Crippen molar-refractivity contribution in [3.8, 4) is 0 Å². The zero-order valence-electron chi connectivity index (χ0n) is 12.4. The highest BCUT2D eigenvalue weighted by Gasteiger charge is 2.43. The van der Waals surface area contributed by atoms with E-state index in [1.165, 1.54) is 37.8 Å². The number of halogens is 2. The van der Waals surface area contributed by atoms with Crippen molar-refractivity contribution < 1.29 is 0 Å². The number of likely N-dealkylation sites (tertiary alicyclic amines) is 1. The van der Waals surface area contributed by atoms with Gasteiger partial charge in [-0.25, -0.2) is 0 Å². The Hall–Kier alpha value is -0.300. The van der Waals surface area contributed by atoms with Crippen LogP contribution in [0.2, 0.25) is 0 Å². The van der Waals surface area contributed by atoms with E-state index in [1.54, 1.807) is 0 Å². The van der Waals surface area contributed by atoms with Gasteiger partial charge in [0.1, 0.15) is 0 Å². The first-order valence-electron chi connectivity index (χ1n) is 7.41. The van der Waals surface area contributed by atoms with E-state index < -0.39 is 0 Å². The molecule has 3 nitrogen and oxygen atoms in total. The molecule has 116 valence electrons. The highest BCUT2D eigenvalue weighted by molar-refractivity contribution is 14.0. The van der Waals surface area contributed by atoms with Crippen LogP contribution in [0.5, 0.6) is 0 Å². The Balaban J connectivity index is 0.00000161. The molecule has 2 fully saturated rings. The Labute approximate surface area is 152 Å². The van der Waals surface area contributed by atoms with Crippen LogP contribution < -0.4 is 5.32 Å². The zero-order chi connectivity index (χ0) is 14.0. The highest BCUT2D eigenvalue weighted by atomic mass is 127. The van der Waals surface area contributed by atoms with Crippen molar-refractivity contribution >= 4 is 45.9 Å². The average Bonchev–Trinajstić information content (AvgIpc) is 2.85. The van der Waals surface area contributed by atoms with E-state index in [0.29, 0.717) is 5.41 Å². The minimum Gasteiger partial charge on any atom is -0.352 e. The maximum atomic E-state index is 4.45. The van der Waals surface area contributed by atoms with Gasteiger partial charge in [-0.2, -0.15) is 0 Å². The molecule has 1 N–H and O–H groups in total. The smallest absolute Gasteiger partial charge is 0.193 e. The largest absolute Gasteiger partial charge is 0.352 e. The van der Waals surface area contributed by atoms with Crippen molar-refractivity contribution in [2.75, 3.05) is 20.1 Å². The van der Waals surface area contributed by atoms with Crippen LogP contribution in [0.3, 0.4) is 0 Å². The van der Waals surface area contributed by atoms with Gasteiger partial charge >= 0.3 is 0 Å². The first-order chi connectivity index (χ1) is 9.71. The Morgan fingerprint density at radius 1 is 1.38 bits per heavy atom. The van der Waals surface area contributed by atoms with E-state index in [1.807, 2.05) is 7.05 Å². The van der Waals surface area contributed by atoms with Gasteiger partial charge in [0.05, 0.1) is 0 Å². The monoisotopic (exact) mass is 463 g/mol. The van der Waals surface area contributed by atoms with Crippen LogP contribution in [0, 0.1) is 5.41 Å². The second kappa shape index (κ2) is 7.31. The van der Waals surface area contributed by atoms with Crippen LogP contribution in [0.25, 0.3) is 0 Å². The van der Waals surface area contributed by atoms with Crippen LogP contribution in [0.15, 0.2) is 33.7 Å². The van der Waals surface area contributed by atoms with E-state index in [9.17, 15) is 0 Å². The van der Waals surface area contributed by atoms with Crippen molar-refractivity contribution in [3.05, 3.63) is 34.3 Å². The standard InChI is InChI=1S/C16H22BrN3.HI/c1-18-15(19-11-13-4-2-5-14(17)10-13)20-9-8-16(12-20)6-3-7-16;/h2,4-5,10H,3,6-9,11-12H2,1H3,(H,18,19);1H. The molecule has 0 unspecified atom stereocenters. The molecule has 1 saturated heterocycles. The van der Waals surface area contributed by atoms with Gasteiger partial charge in [0.15, 0.2) is 5.96 Å². The van der Waals surface area contributed by atoms with Gasteiger partial charge in [-0.15, -0.1) is 24.0 Å². The van der Waals surface area contributed by atoms with Crippen LogP contribution in [0.1, 0.15) is 31.2 Å². The highest BCUT2D eigenvalue weighted by Crippen LogP contribution is 2.47. The molecule has 2 aliphatic rings. The number of hydrogen-bond donors (Lipinski definition) is 1. The van der Waals surface area contributed by atoms with E-state index in [0.717, 1.165) is 23.5 Å². The fourth-order valence-corrected chi connectivity index (χ4v) is 3.81. The normalized spacial score (nSPS) is 20.1. The molecule has 1 aliphatic carbocycles. The van der Waals surface area contributed by atoms with Crippen LogP contribution >= 0.6 is 39.9 Å². The Bertz CT molecular complexity index is 514. The minimum atomic E-state index is 0. The molecule has 3 rings (SSSR count). The van der Waals surface area contributed by atoms with E-state index >= 15 is 0 Å². The molecule has 1 aromatic carbocycles. The summed E-state index contributed by atoms with van der Waals surface area (Å²) in [6, 6.07) is 8.42. The SMILES string of the molecule is CN=C(NCc1cccc(Br)c1)N1CCC2(CCC2)C1.I. The van der Waals surface area contributed by atoms with Gasteiger partial charge in [0.2, 0.25) is 0 Å². The van der Waals surface area contributed by atoms with E-state index in [2.05, 4.69) is 55.4 Å². The summed E-state index contributed by atoms with van der Waals surface area (Å²) in [5.74, 6) is 1.05. The number of benzene rings is 1. The summed E-state index contributed by atoms with van der Waals surface area (Å²) in [6.07, 6.45) is 5.57. The lowest BCUT2D eigenvalue weighted by Gasteiger charge is -2.38. The molecule has 5 heteroatoms. The van der Waals surface area contributed by atoms with Crippen molar-refractivity contribution in [3.63, 3.8) is 0 Å². The summed E-state index contributed by atoms with van der Waals surface area (Å²) < 4.78 is 1.13. The summed E-state index contributed by atoms with van der Waals surface area (Å²) in [7, 11) is 1.88. The number of nitrogens with one attached hydrogen (secondary N) is 1. The lowest BCUT2D eigenvalue weighted by atomic mass is 9.68. The first kappa shape index (κ1) is 17.1. The quantitative estimate of drug-likeness (QED) is 0.407. The predicted octanol–water partition coefficient (Wildman–Crippen LogP) is 4.02. The van der Waals surface area contributed by atoms with Gasteiger partial charge in [-0.05, 0) is 42.4 Å². The summed E-state index contributed by atoms with van der Waals surface area (Å²) >= 11 is 3.52. The van der Waals surface area contributed by atoms with Gasteiger partial charge in [0.25, 0.3) is 0 Å². The Morgan fingerprint density at radius 3 is 2.76 bits per heavy atom. The lowest BCUT2D eigenvalue weighted by molar-refractivity contribution is 0.151. The van der Waals surface area contributed by atoms with Crippen molar-refractivity contribution in [1.82, 2.24) is 10.2 Å². The number of aliphatic imine (C=N–C) groups is 1. The van der Waals surface area contributed by atoms with E-state index in [-0.39, 0.29) is 24.0 Å². The van der Waals surface area contributed by atoms with Crippen molar-refractivity contribution in [1.29, 1.82) is 0 Å². The molecule has 0 aromatic heterocycles. The number of rotatable bonds is 2. The van der Waals surface area contributed by atoms with Crippen molar-refractivity contribution in [2.24, 2.45) is 10.4 Å². The number of guanidine groups is 1. The van der Waals surface area contributed by atoms with Crippen LogP contribution in [0.4, 0.5) is 0 Å². The molecule has 1 heterocycles. The molecular formula is C16H23BrIN3. The lowest BCUT2D eigenvalue weighted by Crippen LogP contribution is -2.42. The fraction of sp³-hybridized carbons (Fsp3) is 0.562. The average molecular weight is 464 g/mol. The number of hydrogen-bond acceptors (Lipinski definition) is 1. The Morgan fingerprint density at radius 2 is 2.19 bits per heavy atom. The third kappa shape index (κ3) is 3.92. The molecule has 0 atom stereocenters. The molecule has 1 aliphatic heterocycles. The summed E-state index contributed by atoms with van der Waals surface area (Å²) in [6.45, 7) is 3.17. The van der Waals surface area contributed by atoms with Crippen molar-refractivity contribution in [2.45, 2.75) is 32.2 Å². The molecule has 1 spiro atoms. The second-order valence-corrected chi connectivity index (χ2v) is 6.97. The maximum Gasteiger partial charge on any atom is 0.193 e. The second-order valence-electron chi connectivity index (χ2n) is 6.06. The maximum absolute atomic E-state index is 4.45. The topological polar surface area (TPSA) is 27.6 Å². The molecule has 0 amide bonds. The molecule has 1 saturated carbocycles. The van der Waals surface area contributed by atoms with Gasteiger partial charge in [0, 0.05) is 31.2 Å². The predicted molar refractivity (Wildman–Crippen MR) is 102 cm³/mol. The summed E-state index contributed by atoms with van der Waals surface area (Å²) in [4.78, 5) is 6.88. The fourth-order valence-electron chi connectivity index (χ4n) is 3.36. The molecule has 0 bridgehead atoms. The molecule has 1 aromatic rings. The van der Waals surface area contributed by atoms with Crippen LogP contribution in [-0.4, -0.2) is 31.0 Å². The van der Waals surface area contributed by atoms with Gasteiger partial charge in [-0.3, -0.25) is 4.99 Å². The summed E-state index contributed by atoms with van der Waals surface area (Å²) in [5.41, 5.74) is 1.89. The zero-order valence-corrected chi connectivity index (χ0v) is 16.4. The first-order valence-corrected chi connectivity index (χ1v) is 8.20. The molecule has 21 heavy (non-hydrogen) atoms. The molecular weight excluding hydrogens is 441 g/mol. The molecule has 0 radical (unpaired) electrons. The minimum absolute atomic E-state index is 0. The summed E-state index contributed by atoms with van der Waals surface area (Å²) in [5, 5.41) is 3.50. The number of nitrogens with zero attached hydrogens (tertiary/aromatic N) is 2. The Kier molecular flexibility index (Phi) is 5.94. The van der Waals surface area contributed by atoms with Crippen LogP contribution in [-0.2, 0) is 6.54 Å². The van der Waals surface area contributed by atoms with Gasteiger partial charge in [-0.1, -0.05) is 34.5 Å². The van der Waals surface area contributed by atoms with E-state index in [4.69, 9.17) is 0 Å². The third-order valence-electron chi connectivity index (χ3n) is 4.70. The van der Waals surface area contributed by atoms with Gasteiger partial charge < -0.3 is 10.2 Å².